The summed E-state index contributed by atoms with van der Waals surface area (Å²) in [6.07, 6.45) is 0.856. The molecule has 1 aliphatic rings. The van der Waals surface area contributed by atoms with E-state index >= 15 is 0 Å². The van der Waals surface area contributed by atoms with Gasteiger partial charge in [0.25, 0.3) is 0 Å². The first-order chi connectivity index (χ1) is 12.7. The number of para-hydroxylation sites is 2. The number of carbonyl (C=O) groups is 1. The number of morpholine rings is 1. The number of benzene rings is 2. The van der Waals surface area contributed by atoms with Crippen LogP contribution in [0, 0.1) is 0 Å². The maximum Gasteiger partial charge on any atom is 0.238 e. The van der Waals surface area contributed by atoms with Crippen LogP contribution < -0.4 is 15.5 Å². The van der Waals surface area contributed by atoms with Gasteiger partial charge in [-0.2, -0.15) is 0 Å². The van der Waals surface area contributed by atoms with Crippen LogP contribution in [0.1, 0.15) is 5.56 Å². The SMILES string of the molecule is O=C(CNCCc1ccc(Cl)cc1)Nc1ccccc1N1CCOCC1. The second kappa shape index (κ2) is 9.57. The molecule has 1 heterocycles. The van der Waals surface area contributed by atoms with E-state index in [2.05, 4.69) is 15.5 Å². The maximum atomic E-state index is 12.3. The van der Waals surface area contributed by atoms with Crippen molar-refractivity contribution in [2.45, 2.75) is 6.42 Å². The summed E-state index contributed by atoms with van der Waals surface area (Å²) in [5, 5.41) is 6.94. The first kappa shape index (κ1) is 18.7. The summed E-state index contributed by atoms with van der Waals surface area (Å²) in [7, 11) is 0. The fourth-order valence-corrected chi connectivity index (χ4v) is 3.07. The largest absolute Gasteiger partial charge is 0.378 e. The van der Waals surface area contributed by atoms with Crippen LogP contribution in [0.15, 0.2) is 48.5 Å². The molecule has 2 aromatic rings. The molecule has 5 nitrogen and oxygen atoms in total. The lowest BCUT2D eigenvalue weighted by atomic mass is 10.1. The van der Waals surface area contributed by atoms with Gasteiger partial charge in [-0.3, -0.25) is 4.79 Å². The van der Waals surface area contributed by atoms with E-state index in [9.17, 15) is 4.79 Å². The molecule has 0 saturated carbocycles. The molecule has 3 rings (SSSR count). The van der Waals surface area contributed by atoms with Gasteiger partial charge in [0.15, 0.2) is 0 Å². The number of nitrogens with zero attached hydrogens (tertiary/aromatic N) is 1. The molecule has 138 valence electrons. The number of anilines is 2. The molecule has 0 atom stereocenters. The number of hydrogen-bond donors (Lipinski definition) is 2. The number of carbonyl (C=O) groups excluding carboxylic acids is 1. The Morgan fingerprint density at radius 3 is 2.58 bits per heavy atom. The van der Waals surface area contributed by atoms with E-state index in [0.717, 1.165) is 42.5 Å². The Hall–Kier alpha value is -2.08. The van der Waals surface area contributed by atoms with Crippen LogP contribution in [0.3, 0.4) is 0 Å². The van der Waals surface area contributed by atoms with Crippen LogP contribution in [0.25, 0.3) is 0 Å². The van der Waals surface area contributed by atoms with Gasteiger partial charge in [-0.1, -0.05) is 35.9 Å². The summed E-state index contributed by atoms with van der Waals surface area (Å²) >= 11 is 5.88. The molecule has 2 N–H and O–H groups in total. The van der Waals surface area contributed by atoms with Crippen molar-refractivity contribution in [1.29, 1.82) is 0 Å². The van der Waals surface area contributed by atoms with Crippen molar-refractivity contribution < 1.29 is 9.53 Å². The van der Waals surface area contributed by atoms with Crippen LogP contribution in [-0.4, -0.2) is 45.3 Å². The van der Waals surface area contributed by atoms with E-state index in [1.54, 1.807) is 0 Å². The highest BCUT2D eigenvalue weighted by Crippen LogP contribution is 2.26. The molecule has 0 aliphatic carbocycles. The highest BCUT2D eigenvalue weighted by atomic mass is 35.5. The van der Waals surface area contributed by atoms with E-state index in [4.69, 9.17) is 16.3 Å². The second-order valence-corrected chi connectivity index (χ2v) is 6.65. The normalized spacial score (nSPS) is 14.3. The minimum atomic E-state index is -0.0400. The molecule has 1 amide bonds. The van der Waals surface area contributed by atoms with Gasteiger partial charge in [0.05, 0.1) is 31.1 Å². The molecule has 0 bridgehead atoms. The van der Waals surface area contributed by atoms with Crippen LogP contribution in [-0.2, 0) is 16.0 Å². The molecule has 0 spiro atoms. The third-order valence-electron chi connectivity index (χ3n) is 4.32. The number of halogens is 1. The van der Waals surface area contributed by atoms with Crippen molar-refractivity contribution in [1.82, 2.24) is 5.32 Å². The van der Waals surface area contributed by atoms with Crippen molar-refractivity contribution in [3.05, 3.63) is 59.1 Å². The fourth-order valence-electron chi connectivity index (χ4n) is 2.94. The summed E-state index contributed by atoms with van der Waals surface area (Å²) < 4.78 is 5.40. The molecule has 2 aromatic carbocycles. The van der Waals surface area contributed by atoms with E-state index in [1.165, 1.54) is 5.56 Å². The summed E-state index contributed by atoms with van der Waals surface area (Å²) in [6.45, 7) is 4.13. The molecular formula is C20H24ClN3O2. The zero-order valence-electron chi connectivity index (χ0n) is 14.7. The van der Waals surface area contributed by atoms with E-state index in [0.29, 0.717) is 13.2 Å². The van der Waals surface area contributed by atoms with Crippen molar-refractivity contribution in [3.63, 3.8) is 0 Å². The Morgan fingerprint density at radius 1 is 1.08 bits per heavy atom. The summed E-state index contributed by atoms with van der Waals surface area (Å²) in [6, 6.07) is 15.7. The number of hydrogen-bond acceptors (Lipinski definition) is 4. The van der Waals surface area contributed by atoms with Crippen molar-refractivity contribution in [3.8, 4) is 0 Å². The second-order valence-electron chi connectivity index (χ2n) is 6.22. The van der Waals surface area contributed by atoms with Crippen LogP contribution in [0.5, 0.6) is 0 Å². The Bertz CT molecular complexity index is 715. The van der Waals surface area contributed by atoms with Gasteiger partial charge in [-0.25, -0.2) is 0 Å². The molecule has 1 saturated heterocycles. The zero-order chi connectivity index (χ0) is 18.2. The summed E-state index contributed by atoms with van der Waals surface area (Å²) in [4.78, 5) is 14.5. The van der Waals surface area contributed by atoms with Crippen molar-refractivity contribution in [2.75, 3.05) is 49.6 Å². The van der Waals surface area contributed by atoms with Gasteiger partial charge >= 0.3 is 0 Å². The minimum Gasteiger partial charge on any atom is -0.378 e. The lowest BCUT2D eigenvalue weighted by Gasteiger charge is -2.30. The Labute approximate surface area is 159 Å². The van der Waals surface area contributed by atoms with Gasteiger partial charge in [0, 0.05) is 18.1 Å². The number of rotatable bonds is 7. The standard InChI is InChI=1S/C20H24ClN3O2/c21-17-7-5-16(6-8-17)9-10-22-15-20(25)23-18-3-1-2-4-19(18)24-11-13-26-14-12-24/h1-8,22H,9-15H2,(H,23,25). The highest BCUT2D eigenvalue weighted by molar-refractivity contribution is 6.30. The van der Waals surface area contributed by atoms with Crippen LogP contribution in [0.4, 0.5) is 11.4 Å². The Balaban J connectivity index is 1.46. The average molecular weight is 374 g/mol. The number of amides is 1. The highest BCUT2D eigenvalue weighted by Gasteiger charge is 2.15. The minimum absolute atomic E-state index is 0.0400. The zero-order valence-corrected chi connectivity index (χ0v) is 15.5. The topological polar surface area (TPSA) is 53.6 Å². The molecule has 1 aliphatic heterocycles. The Kier molecular flexibility index (Phi) is 6.89. The lowest BCUT2D eigenvalue weighted by Crippen LogP contribution is -2.37. The third kappa shape index (κ3) is 5.46. The molecule has 0 radical (unpaired) electrons. The monoisotopic (exact) mass is 373 g/mol. The van der Waals surface area contributed by atoms with Gasteiger partial charge in [-0.15, -0.1) is 0 Å². The van der Waals surface area contributed by atoms with Gasteiger partial charge in [-0.05, 0) is 42.8 Å². The fraction of sp³-hybridized carbons (Fsp3) is 0.350. The third-order valence-corrected chi connectivity index (χ3v) is 4.57. The summed E-state index contributed by atoms with van der Waals surface area (Å²) in [5.41, 5.74) is 3.09. The van der Waals surface area contributed by atoms with Crippen LogP contribution >= 0.6 is 11.6 Å². The first-order valence-corrected chi connectivity index (χ1v) is 9.27. The molecule has 0 unspecified atom stereocenters. The smallest absolute Gasteiger partial charge is 0.238 e. The molecule has 6 heteroatoms. The molecule has 26 heavy (non-hydrogen) atoms. The molecule has 1 fully saturated rings. The number of nitrogens with one attached hydrogen (secondary N) is 2. The molecule has 0 aromatic heterocycles. The van der Waals surface area contributed by atoms with Crippen molar-refractivity contribution in [2.24, 2.45) is 0 Å². The maximum absolute atomic E-state index is 12.3. The van der Waals surface area contributed by atoms with E-state index < -0.39 is 0 Å². The van der Waals surface area contributed by atoms with Gasteiger partial charge < -0.3 is 20.3 Å². The van der Waals surface area contributed by atoms with Crippen molar-refractivity contribution >= 4 is 28.9 Å². The van der Waals surface area contributed by atoms with Gasteiger partial charge in [0.1, 0.15) is 0 Å². The van der Waals surface area contributed by atoms with Crippen LogP contribution in [0.2, 0.25) is 5.02 Å². The van der Waals surface area contributed by atoms with Gasteiger partial charge in [0.2, 0.25) is 5.91 Å². The summed E-state index contributed by atoms with van der Waals surface area (Å²) in [5.74, 6) is -0.0400. The number of ether oxygens (including phenoxy) is 1. The quantitative estimate of drug-likeness (QED) is 0.733. The Morgan fingerprint density at radius 2 is 1.81 bits per heavy atom. The first-order valence-electron chi connectivity index (χ1n) is 8.89. The molecular weight excluding hydrogens is 350 g/mol. The average Bonchev–Trinajstić information content (AvgIpc) is 2.68. The van der Waals surface area contributed by atoms with E-state index in [1.807, 2.05) is 48.5 Å². The predicted molar refractivity (Wildman–Crippen MR) is 106 cm³/mol. The lowest BCUT2D eigenvalue weighted by molar-refractivity contribution is -0.115. The van der Waals surface area contributed by atoms with E-state index in [-0.39, 0.29) is 12.5 Å². The predicted octanol–water partition coefficient (Wildman–Crippen LogP) is 2.95.